The Morgan fingerprint density at radius 2 is 2.18 bits per heavy atom. The highest BCUT2D eigenvalue weighted by atomic mass is 16.2. The van der Waals surface area contributed by atoms with Gasteiger partial charge in [0.1, 0.15) is 0 Å². The molecule has 2 aliphatic heterocycles. The van der Waals surface area contributed by atoms with Crippen molar-refractivity contribution < 1.29 is 14.4 Å². The highest BCUT2D eigenvalue weighted by Crippen LogP contribution is 2.30. The average Bonchev–Trinajstić information content (AvgIpc) is 3.47. The molecule has 8 heteroatoms. The van der Waals surface area contributed by atoms with Crippen molar-refractivity contribution in [1.29, 1.82) is 0 Å². The van der Waals surface area contributed by atoms with Crippen LogP contribution in [0.25, 0.3) is 0 Å². The van der Waals surface area contributed by atoms with Crippen LogP contribution in [0.1, 0.15) is 37.7 Å². The van der Waals surface area contributed by atoms with Gasteiger partial charge in [0, 0.05) is 56.5 Å². The molecule has 4 rings (SSSR count). The van der Waals surface area contributed by atoms with Gasteiger partial charge < -0.3 is 16.0 Å². The summed E-state index contributed by atoms with van der Waals surface area (Å²) < 4.78 is 0. The van der Waals surface area contributed by atoms with Gasteiger partial charge in [-0.25, -0.2) is 0 Å². The Morgan fingerprint density at radius 1 is 1.32 bits per heavy atom. The number of nitrogens with one attached hydrogen (secondary N) is 3. The molecule has 3 heterocycles. The maximum absolute atomic E-state index is 12.2. The van der Waals surface area contributed by atoms with E-state index in [0.717, 1.165) is 18.4 Å². The third kappa shape index (κ3) is 4.49. The third-order valence-corrected chi connectivity index (χ3v) is 5.83. The number of aromatic nitrogens is 1. The molecular formula is C20H27N5O3. The number of nitrogens with zero attached hydrogens (tertiary/aromatic N) is 2. The monoisotopic (exact) mass is 385 g/mol. The number of hydrogen-bond acceptors (Lipinski definition) is 5. The molecule has 28 heavy (non-hydrogen) atoms. The molecule has 0 aromatic carbocycles. The lowest BCUT2D eigenvalue weighted by Gasteiger charge is -2.37. The molecule has 2 saturated heterocycles. The minimum absolute atomic E-state index is 0.00455. The lowest BCUT2D eigenvalue weighted by atomic mass is 10.0. The summed E-state index contributed by atoms with van der Waals surface area (Å²) in [5.74, 6) is 0.317. The molecule has 1 aliphatic carbocycles. The summed E-state index contributed by atoms with van der Waals surface area (Å²) in [5.41, 5.74) is 0.967. The van der Waals surface area contributed by atoms with Crippen LogP contribution in [0.4, 0.5) is 0 Å². The van der Waals surface area contributed by atoms with Gasteiger partial charge in [-0.3, -0.25) is 24.3 Å². The molecule has 3 aliphatic rings. The van der Waals surface area contributed by atoms with Crippen molar-refractivity contribution in [3.05, 3.63) is 30.1 Å². The van der Waals surface area contributed by atoms with Crippen LogP contribution in [-0.2, 0) is 20.9 Å². The Morgan fingerprint density at radius 3 is 2.93 bits per heavy atom. The summed E-state index contributed by atoms with van der Waals surface area (Å²) in [6.07, 6.45) is 7.12. The second-order valence-corrected chi connectivity index (χ2v) is 8.00. The highest BCUT2D eigenvalue weighted by molar-refractivity contribution is 5.84. The van der Waals surface area contributed by atoms with E-state index in [9.17, 15) is 14.4 Å². The number of hydrogen-bond donors (Lipinski definition) is 3. The van der Waals surface area contributed by atoms with Crippen LogP contribution >= 0.6 is 0 Å². The fourth-order valence-corrected chi connectivity index (χ4v) is 4.10. The fraction of sp³-hybridized carbons (Fsp3) is 0.600. The number of amides is 3. The Balaban J connectivity index is 1.26. The lowest BCUT2D eigenvalue weighted by Crippen LogP contribution is -2.58. The zero-order valence-corrected chi connectivity index (χ0v) is 15.9. The number of piperazine rings is 1. The van der Waals surface area contributed by atoms with Gasteiger partial charge in [-0.1, -0.05) is 6.07 Å². The molecule has 8 nitrogen and oxygen atoms in total. The van der Waals surface area contributed by atoms with Crippen molar-refractivity contribution in [2.24, 2.45) is 5.92 Å². The topological polar surface area (TPSA) is 103 Å². The Kier molecular flexibility index (Phi) is 5.57. The first-order chi connectivity index (χ1) is 13.6. The quantitative estimate of drug-likeness (QED) is 0.610. The predicted molar refractivity (Wildman–Crippen MR) is 102 cm³/mol. The summed E-state index contributed by atoms with van der Waals surface area (Å²) in [7, 11) is 0. The molecule has 3 N–H and O–H groups in total. The zero-order valence-electron chi connectivity index (χ0n) is 15.9. The summed E-state index contributed by atoms with van der Waals surface area (Å²) in [4.78, 5) is 42.7. The van der Waals surface area contributed by atoms with E-state index >= 15 is 0 Å². The van der Waals surface area contributed by atoms with E-state index in [1.165, 1.54) is 0 Å². The number of carbonyl (C=O) groups excluding carboxylic acids is 3. The van der Waals surface area contributed by atoms with Crippen LogP contribution in [0.2, 0.25) is 0 Å². The highest BCUT2D eigenvalue weighted by Gasteiger charge is 2.44. The molecule has 3 fully saturated rings. The number of rotatable bonds is 7. The molecule has 1 aromatic rings. The van der Waals surface area contributed by atoms with Crippen molar-refractivity contribution in [2.45, 2.75) is 56.8 Å². The summed E-state index contributed by atoms with van der Waals surface area (Å²) >= 11 is 0. The van der Waals surface area contributed by atoms with Gasteiger partial charge in [0.05, 0.1) is 6.04 Å². The second-order valence-electron chi connectivity index (χ2n) is 8.00. The van der Waals surface area contributed by atoms with Gasteiger partial charge >= 0.3 is 0 Å². The maximum Gasteiger partial charge on any atom is 0.237 e. The molecule has 0 bridgehead atoms. The number of fused-ring (bicyclic) bond motifs is 1. The Hall–Kier alpha value is -2.48. The van der Waals surface area contributed by atoms with Crippen LogP contribution in [0, 0.1) is 5.92 Å². The summed E-state index contributed by atoms with van der Waals surface area (Å²) in [5, 5.41) is 8.98. The van der Waals surface area contributed by atoms with Crippen LogP contribution in [-0.4, -0.2) is 58.8 Å². The third-order valence-electron chi connectivity index (χ3n) is 5.83. The van der Waals surface area contributed by atoms with Gasteiger partial charge in [0.25, 0.3) is 0 Å². The van der Waals surface area contributed by atoms with Gasteiger partial charge in [0.2, 0.25) is 17.7 Å². The first-order valence-electron chi connectivity index (χ1n) is 10.1. The van der Waals surface area contributed by atoms with Crippen molar-refractivity contribution in [3.63, 3.8) is 0 Å². The number of pyridine rings is 1. The maximum atomic E-state index is 12.2. The van der Waals surface area contributed by atoms with E-state index < -0.39 is 0 Å². The standard InChI is InChI=1S/C20H27N5O3/c26-18(22-10-13-2-1-7-21-9-13)6-5-16-11-23-20(28)17-8-15(12-25(16)17)24-19(27)14-3-4-14/h1-2,7,9,14-17H,3-6,8,10-12H2,(H,22,26)(H,23,28)(H,24,27). The van der Waals surface area contributed by atoms with E-state index in [1.54, 1.807) is 12.4 Å². The van der Waals surface area contributed by atoms with E-state index in [-0.39, 0.29) is 41.8 Å². The predicted octanol–water partition coefficient (Wildman–Crippen LogP) is -0.0545. The molecule has 3 amide bonds. The first kappa shape index (κ1) is 18.9. The van der Waals surface area contributed by atoms with Crippen molar-refractivity contribution in [2.75, 3.05) is 13.1 Å². The van der Waals surface area contributed by atoms with E-state index in [4.69, 9.17) is 0 Å². The van der Waals surface area contributed by atoms with Crippen LogP contribution in [0.15, 0.2) is 24.5 Å². The molecular weight excluding hydrogens is 358 g/mol. The minimum atomic E-state index is -0.207. The largest absolute Gasteiger partial charge is 0.353 e. The molecule has 1 saturated carbocycles. The molecule has 0 radical (unpaired) electrons. The van der Waals surface area contributed by atoms with E-state index in [2.05, 4.69) is 25.8 Å². The van der Waals surface area contributed by atoms with Gasteiger partial charge in [0.15, 0.2) is 0 Å². The normalized spacial score (nSPS) is 27.0. The van der Waals surface area contributed by atoms with Crippen LogP contribution < -0.4 is 16.0 Å². The Labute approximate surface area is 164 Å². The van der Waals surface area contributed by atoms with E-state index in [0.29, 0.717) is 38.9 Å². The Bertz CT molecular complexity index is 737. The first-order valence-corrected chi connectivity index (χ1v) is 10.1. The van der Waals surface area contributed by atoms with E-state index in [1.807, 2.05) is 12.1 Å². The second kappa shape index (κ2) is 8.26. The van der Waals surface area contributed by atoms with Gasteiger partial charge in [-0.15, -0.1) is 0 Å². The molecule has 0 spiro atoms. The van der Waals surface area contributed by atoms with Crippen molar-refractivity contribution in [1.82, 2.24) is 25.8 Å². The molecule has 1 aromatic heterocycles. The molecule has 150 valence electrons. The SMILES string of the molecule is O=C(CCC1CNC(=O)C2CC(NC(=O)C3CC3)CN12)NCc1cccnc1. The lowest BCUT2D eigenvalue weighted by molar-refractivity contribution is -0.129. The van der Waals surface area contributed by atoms with Crippen molar-refractivity contribution in [3.8, 4) is 0 Å². The average molecular weight is 385 g/mol. The minimum Gasteiger partial charge on any atom is -0.353 e. The van der Waals surface area contributed by atoms with Gasteiger partial charge in [-0.2, -0.15) is 0 Å². The number of carbonyl (C=O) groups is 3. The summed E-state index contributed by atoms with van der Waals surface area (Å²) in [6, 6.07) is 3.70. The fourth-order valence-electron chi connectivity index (χ4n) is 4.10. The van der Waals surface area contributed by atoms with Gasteiger partial charge in [-0.05, 0) is 37.3 Å². The molecule has 3 atom stereocenters. The van der Waals surface area contributed by atoms with Crippen LogP contribution in [0.3, 0.4) is 0 Å². The smallest absolute Gasteiger partial charge is 0.237 e. The zero-order chi connectivity index (χ0) is 19.5. The summed E-state index contributed by atoms with van der Waals surface area (Å²) in [6.45, 7) is 1.70. The van der Waals surface area contributed by atoms with Crippen molar-refractivity contribution >= 4 is 17.7 Å². The van der Waals surface area contributed by atoms with Crippen LogP contribution in [0.5, 0.6) is 0 Å². The molecule has 3 unspecified atom stereocenters.